The average molecular weight is 512 g/mol. The molecule has 2 aliphatic heterocycles. The summed E-state index contributed by atoms with van der Waals surface area (Å²) in [7, 11) is 0. The zero-order valence-electron chi connectivity index (χ0n) is 19.1. The normalized spacial score (nSPS) is 16.9. The molecule has 35 heavy (non-hydrogen) atoms. The van der Waals surface area contributed by atoms with Crippen LogP contribution in [0.2, 0.25) is 5.15 Å². The number of pyridine rings is 2. The molecule has 0 aromatic carbocycles. The number of piperidine rings is 1. The number of urea groups is 1. The van der Waals surface area contributed by atoms with Gasteiger partial charge in [-0.2, -0.15) is 0 Å². The number of nitrogens with one attached hydrogen (secondary N) is 1. The van der Waals surface area contributed by atoms with E-state index in [0.717, 1.165) is 36.8 Å². The predicted octanol–water partition coefficient (Wildman–Crippen LogP) is 3.96. The molecule has 0 saturated carbocycles. The molecule has 3 aromatic rings. The first-order valence-corrected chi connectivity index (χ1v) is 12.9. The first-order chi connectivity index (χ1) is 17.1. The van der Waals surface area contributed by atoms with Gasteiger partial charge in [0.2, 0.25) is 0 Å². The van der Waals surface area contributed by atoms with E-state index in [1.165, 1.54) is 17.5 Å². The van der Waals surface area contributed by atoms with Gasteiger partial charge in [0.1, 0.15) is 16.7 Å². The molecule has 182 valence electrons. The highest BCUT2D eigenvalue weighted by Gasteiger charge is 2.30. The second-order valence-corrected chi connectivity index (χ2v) is 9.88. The molecule has 9 nitrogen and oxygen atoms in total. The molecule has 0 spiro atoms. The maximum absolute atomic E-state index is 13.1. The van der Waals surface area contributed by atoms with Crippen LogP contribution in [0.15, 0.2) is 48.1 Å². The van der Waals surface area contributed by atoms with Gasteiger partial charge in [0.25, 0.3) is 5.91 Å². The van der Waals surface area contributed by atoms with E-state index in [2.05, 4.69) is 25.2 Å². The summed E-state index contributed by atoms with van der Waals surface area (Å²) in [5.41, 5.74) is 0.964. The number of carbonyl (C=O) groups excluding carboxylic acids is 2. The van der Waals surface area contributed by atoms with Crippen molar-refractivity contribution in [2.45, 2.75) is 18.8 Å². The number of hydrogen-bond acceptors (Lipinski definition) is 7. The number of rotatable bonds is 4. The summed E-state index contributed by atoms with van der Waals surface area (Å²) in [6, 6.07) is 9.34. The maximum atomic E-state index is 13.1. The maximum Gasteiger partial charge on any atom is 0.320 e. The molecule has 11 heteroatoms. The van der Waals surface area contributed by atoms with Crippen LogP contribution >= 0.6 is 22.9 Å². The van der Waals surface area contributed by atoms with Gasteiger partial charge in [-0.15, -0.1) is 11.3 Å². The van der Waals surface area contributed by atoms with Crippen molar-refractivity contribution in [3.05, 3.63) is 64.0 Å². The number of likely N-dealkylation sites (tertiary alicyclic amines) is 1. The minimum Gasteiger partial charge on any atom is -0.353 e. The summed E-state index contributed by atoms with van der Waals surface area (Å²) < 4.78 is 0. The zero-order chi connectivity index (χ0) is 24.2. The minimum atomic E-state index is -0.269. The van der Waals surface area contributed by atoms with Crippen LogP contribution in [0.3, 0.4) is 0 Å². The van der Waals surface area contributed by atoms with Crippen LogP contribution < -0.4 is 10.2 Å². The van der Waals surface area contributed by atoms with Crippen molar-refractivity contribution in [3.8, 4) is 0 Å². The largest absolute Gasteiger partial charge is 0.353 e. The van der Waals surface area contributed by atoms with E-state index in [9.17, 15) is 9.59 Å². The van der Waals surface area contributed by atoms with Crippen molar-refractivity contribution in [1.29, 1.82) is 0 Å². The number of anilines is 2. The van der Waals surface area contributed by atoms with Gasteiger partial charge in [-0.1, -0.05) is 17.7 Å². The second kappa shape index (κ2) is 10.6. The van der Waals surface area contributed by atoms with Crippen molar-refractivity contribution < 1.29 is 9.59 Å². The molecule has 1 N–H and O–H groups in total. The van der Waals surface area contributed by atoms with Gasteiger partial charge in [0, 0.05) is 56.8 Å². The van der Waals surface area contributed by atoms with Crippen LogP contribution in [0.5, 0.6) is 0 Å². The smallest absolute Gasteiger partial charge is 0.320 e. The molecular formula is C24H26ClN7O2S. The summed E-state index contributed by atoms with van der Waals surface area (Å²) in [5.74, 6) is 0.944. The lowest BCUT2D eigenvalue weighted by Crippen LogP contribution is -2.54. The Hall–Kier alpha value is -3.24. The number of aromatic nitrogens is 3. The summed E-state index contributed by atoms with van der Waals surface area (Å²) in [5, 5.41) is 5.89. The molecule has 5 rings (SSSR count). The molecule has 5 heterocycles. The lowest BCUT2D eigenvalue weighted by Gasteiger charge is -2.39. The van der Waals surface area contributed by atoms with Gasteiger partial charge in [-0.25, -0.2) is 19.7 Å². The summed E-state index contributed by atoms with van der Waals surface area (Å²) >= 11 is 7.29. The fraction of sp³-hybridized carbons (Fsp3) is 0.375. The molecule has 3 amide bonds. The fourth-order valence-electron chi connectivity index (χ4n) is 4.41. The number of hydrogen-bond donors (Lipinski definition) is 1. The lowest BCUT2D eigenvalue weighted by atomic mass is 9.98. The number of thiazole rings is 1. The fourth-order valence-corrected chi connectivity index (χ4v) is 5.49. The third kappa shape index (κ3) is 5.54. The van der Waals surface area contributed by atoms with Crippen molar-refractivity contribution in [3.63, 3.8) is 0 Å². The van der Waals surface area contributed by atoms with Gasteiger partial charge in [-0.05, 0) is 37.1 Å². The van der Waals surface area contributed by atoms with Crippen LogP contribution in [-0.2, 0) is 0 Å². The Morgan fingerprint density at radius 2 is 1.74 bits per heavy atom. The summed E-state index contributed by atoms with van der Waals surface area (Å²) in [6.07, 6.45) is 5.00. The molecule has 2 saturated heterocycles. The Kier molecular flexibility index (Phi) is 7.10. The van der Waals surface area contributed by atoms with Crippen molar-refractivity contribution >= 4 is 46.4 Å². The highest BCUT2D eigenvalue weighted by atomic mass is 35.5. The van der Waals surface area contributed by atoms with Crippen LogP contribution in [0, 0.1) is 0 Å². The third-order valence-electron chi connectivity index (χ3n) is 6.38. The number of halogens is 1. The summed E-state index contributed by atoms with van der Waals surface area (Å²) in [6.45, 7) is 4.36. The van der Waals surface area contributed by atoms with Gasteiger partial charge < -0.3 is 20.0 Å². The van der Waals surface area contributed by atoms with E-state index in [-0.39, 0.29) is 17.9 Å². The molecule has 0 unspecified atom stereocenters. The zero-order valence-corrected chi connectivity index (χ0v) is 20.7. The summed E-state index contributed by atoms with van der Waals surface area (Å²) in [4.78, 5) is 44.7. The molecule has 0 bridgehead atoms. The van der Waals surface area contributed by atoms with E-state index in [0.29, 0.717) is 42.7 Å². The van der Waals surface area contributed by atoms with E-state index in [1.807, 2.05) is 28.0 Å². The van der Waals surface area contributed by atoms with Crippen molar-refractivity contribution in [2.75, 3.05) is 49.5 Å². The second-order valence-electron chi connectivity index (χ2n) is 8.60. The van der Waals surface area contributed by atoms with Gasteiger partial charge in [0.15, 0.2) is 0 Å². The Morgan fingerprint density at radius 3 is 2.43 bits per heavy atom. The molecule has 0 aliphatic carbocycles. The highest BCUT2D eigenvalue weighted by Crippen LogP contribution is 2.31. The molecule has 2 aliphatic rings. The van der Waals surface area contributed by atoms with E-state index in [1.54, 1.807) is 23.7 Å². The van der Waals surface area contributed by atoms with Crippen LogP contribution in [-0.4, -0.2) is 76.0 Å². The van der Waals surface area contributed by atoms with Crippen LogP contribution in [0.4, 0.5) is 16.3 Å². The van der Waals surface area contributed by atoms with Gasteiger partial charge in [0.05, 0.1) is 16.9 Å². The molecule has 2 fully saturated rings. The highest BCUT2D eigenvalue weighted by molar-refractivity contribution is 7.10. The molecule has 0 atom stereocenters. The quantitative estimate of drug-likeness (QED) is 0.533. The minimum absolute atomic E-state index is 0.111. The monoisotopic (exact) mass is 511 g/mol. The van der Waals surface area contributed by atoms with E-state index in [4.69, 9.17) is 11.6 Å². The lowest BCUT2D eigenvalue weighted by molar-refractivity contribution is 0.102. The molecule has 3 aromatic heterocycles. The van der Waals surface area contributed by atoms with Crippen molar-refractivity contribution in [1.82, 2.24) is 24.8 Å². The first kappa shape index (κ1) is 23.5. The third-order valence-corrected chi connectivity index (χ3v) is 7.61. The number of piperazine rings is 1. The van der Waals surface area contributed by atoms with Crippen LogP contribution in [0.1, 0.15) is 34.3 Å². The Labute approximate surface area is 212 Å². The number of nitrogens with zero attached hydrogens (tertiary/aromatic N) is 6. The van der Waals surface area contributed by atoms with E-state index >= 15 is 0 Å². The Morgan fingerprint density at radius 1 is 0.971 bits per heavy atom. The first-order valence-electron chi connectivity index (χ1n) is 11.6. The standard InChI is InChI=1S/C24H26ClN7O2S/c25-20-5-4-18(15-27-20)28-22(33)19-16-35-23(29-19)17-6-9-31(10-7-17)24(34)32-13-11-30(12-14-32)21-3-1-2-8-26-21/h1-5,8,15-17H,6-7,9-14H2,(H,28,33). The van der Waals surface area contributed by atoms with Gasteiger partial charge >= 0.3 is 6.03 Å². The Bertz CT molecular complexity index is 1160. The van der Waals surface area contributed by atoms with Crippen LogP contribution in [0.25, 0.3) is 0 Å². The van der Waals surface area contributed by atoms with E-state index < -0.39 is 0 Å². The average Bonchev–Trinajstić information content (AvgIpc) is 3.41. The topological polar surface area (TPSA) is 94.6 Å². The van der Waals surface area contributed by atoms with Crippen molar-refractivity contribution in [2.24, 2.45) is 0 Å². The molecular weight excluding hydrogens is 486 g/mol. The number of amides is 3. The SMILES string of the molecule is O=C(Nc1ccc(Cl)nc1)c1csc(C2CCN(C(=O)N3CCN(c4ccccn4)CC3)CC2)n1. The number of carbonyl (C=O) groups is 2. The predicted molar refractivity (Wildman–Crippen MR) is 136 cm³/mol. The van der Waals surface area contributed by atoms with Gasteiger partial charge in [-0.3, -0.25) is 4.79 Å². The Balaban J connectivity index is 1.10. The molecule has 0 radical (unpaired) electrons.